The minimum absolute atomic E-state index is 0.358. The highest BCUT2D eigenvalue weighted by Gasteiger charge is 2.39. The zero-order valence-corrected chi connectivity index (χ0v) is 11.9. The third-order valence-corrected chi connectivity index (χ3v) is 4.93. The van der Waals surface area contributed by atoms with E-state index in [1.165, 1.54) is 25.7 Å². The van der Waals surface area contributed by atoms with Gasteiger partial charge in [-0.05, 0) is 61.6 Å². The molecule has 3 heteroatoms. The maximum absolute atomic E-state index is 10.1. The van der Waals surface area contributed by atoms with Crippen LogP contribution in [0.25, 0.3) is 0 Å². The quantitative estimate of drug-likeness (QED) is 0.886. The van der Waals surface area contributed by atoms with Crippen LogP contribution in [-0.2, 0) is 0 Å². The van der Waals surface area contributed by atoms with E-state index in [-0.39, 0.29) is 6.10 Å². The molecule has 0 amide bonds. The predicted octanol–water partition coefficient (Wildman–Crippen LogP) is 3.91. The molecule has 2 nitrogen and oxygen atoms in total. The van der Waals surface area contributed by atoms with Gasteiger partial charge in [0.15, 0.2) is 0 Å². The molecule has 2 bridgehead atoms. The Bertz CT molecular complexity index is 435. The number of rotatable bonds is 5. The Balaban J connectivity index is 1.45. The lowest BCUT2D eigenvalue weighted by atomic mass is 9.85. The molecular formula is C16H21ClO2. The Morgan fingerprint density at radius 1 is 1.32 bits per heavy atom. The summed E-state index contributed by atoms with van der Waals surface area (Å²) in [6, 6.07) is 7.34. The van der Waals surface area contributed by atoms with Crippen molar-refractivity contribution in [3.63, 3.8) is 0 Å². The van der Waals surface area contributed by atoms with E-state index < -0.39 is 0 Å². The highest BCUT2D eigenvalue weighted by molar-refractivity contribution is 6.30. The molecular weight excluding hydrogens is 260 g/mol. The third kappa shape index (κ3) is 3.24. The standard InChI is InChI=1S/C16H21ClO2/c17-14-2-1-3-16(9-14)19-10-15(18)8-13-7-11-4-5-12(13)6-11/h1-3,9,11-13,15,18H,4-8,10H2. The van der Waals surface area contributed by atoms with Crippen molar-refractivity contribution in [1.82, 2.24) is 0 Å². The molecule has 19 heavy (non-hydrogen) atoms. The Morgan fingerprint density at radius 3 is 2.89 bits per heavy atom. The van der Waals surface area contributed by atoms with Crippen molar-refractivity contribution < 1.29 is 9.84 Å². The second-order valence-electron chi connectivity index (χ2n) is 6.09. The van der Waals surface area contributed by atoms with Crippen molar-refractivity contribution in [2.45, 2.75) is 38.2 Å². The Labute approximate surface area is 119 Å². The van der Waals surface area contributed by atoms with E-state index in [4.69, 9.17) is 16.3 Å². The average Bonchev–Trinajstić information content (AvgIpc) is 2.99. The lowest BCUT2D eigenvalue weighted by Gasteiger charge is -2.24. The number of aliphatic hydroxyl groups excluding tert-OH is 1. The minimum Gasteiger partial charge on any atom is -0.491 e. The van der Waals surface area contributed by atoms with Crippen LogP contribution in [0.5, 0.6) is 5.75 Å². The summed E-state index contributed by atoms with van der Waals surface area (Å²) in [6.45, 7) is 0.369. The Hall–Kier alpha value is -0.730. The molecule has 4 unspecified atom stereocenters. The van der Waals surface area contributed by atoms with Crippen LogP contribution in [0.3, 0.4) is 0 Å². The van der Waals surface area contributed by atoms with Crippen molar-refractivity contribution in [2.24, 2.45) is 17.8 Å². The van der Waals surface area contributed by atoms with Gasteiger partial charge in [-0.25, -0.2) is 0 Å². The van der Waals surface area contributed by atoms with Crippen LogP contribution in [0.1, 0.15) is 32.1 Å². The summed E-state index contributed by atoms with van der Waals surface area (Å²) >= 11 is 5.90. The number of hydrogen-bond acceptors (Lipinski definition) is 2. The number of ether oxygens (including phenoxy) is 1. The summed E-state index contributed by atoms with van der Waals surface area (Å²) in [5.41, 5.74) is 0. The van der Waals surface area contributed by atoms with Gasteiger partial charge < -0.3 is 9.84 Å². The minimum atomic E-state index is -0.358. The average molecular weight is 281 g/mol. The van der Waals surface area contributed by atoms with Crippen molar-refractivity contribution in [3.8, 4) is 5.75 Å². The molecule has 1 aromatic carbocycles. The first kappa shape index (κ1) is 13.3. The number of hydrogen-bond donors (Lipinski definition) is 1. The van der Waals surface area contributed by atoms with Gasteiger partial charge in [-0.2, -0.15) is 0 Å². The van der Waals surface area contributed by atoms with Crippen molar-refractivity contribution >= 4 is 11.6 Å². The van der Waals surface area contributed by atoms with E-state index in [1.54, 1.807) is 6.07 Å². The van der Waals surface area contributed by atoms with Crippen molar-refractivity contribution in [3.05, 3.63) is 29.3 Å². The fraction of sp³-hybridized carbons (Fsp3) is 0.625. The summed E-state index contributed by atoms with van der Waals surface area (Å²) in [4.78, 5) is 0. The first-order chi connectivity index (χ1) is 9.20. The molecule has 2 saturated carbocycles. The SMILES string of the molecule is OC(COc1cccc(Cl)c1)CC1CC2CCC1C2. The van der Waals surface area contributed by atoms with Gasteiger partial charge in [0, 0.05) is 5.02 Å². The summed E-state index contributed by atoms with van der Waals surface area (Å²) in [5, 5.41) is 10.8. The summed E-state index contributed by atoms with van der Waals surface area (Å²) in [5.74, 6) is 3.26. The van der Waals surface area contributed by atoms with Gasteiger partial charge in [-0.15, -0.1) is 0 Å². The summed E-state index contributed by atoms with van der Waals surface area (Å²) in [7, 11) is 0. The molecule has 1 N–H and O–H groups in total. The number of benzene rings is 1. The van der Waals surface area contributed by atoms with E-state index in [0.29, 0.717) is 11.6 Å². The van der Waals surface area contributed by atoms with E-state index in [9.17, 15) is 5.11 Å². The molecule has 3 rings (SSSR count). The lowest BCUT2D eigenvalue weighted by Crippen LogP contribution is -2.24. The van der Waals surface area contributed by atoms with Crippen molar-refractivity contribution in [2.75, 3.05) is 6.61 Å². The Kier molecular flexibility index (Phi) is 3.99. The second kappa shape index (κ2) is 5.72. The smallest absolute Gasteiger partial charge is 0.120 e. The number of halogens is 1. The van der Waals surface area contributed by atoms with Gasteiger partial charge >= 0.3 is 0 Å². The molecule has 0 aliphatic heterocycles. The van der Waals surface area contributed by atoms with E-state index >= 15 is 0 Å². The van der Waals surface area contributed by atoms with Crippen LogP contribution in [0, 0.1) is 17.8 Å². The first-order valence-corrected chi connectivity index (χ1v) is 7.65. The second-order valence-corrected chi connectivity index (χ2v) is 6.53. The monoisotopic (exact) mass is 280 g/mol. The van der Waals surface area contributed by atoms with Crippen LogP contribution in [-0.4, -0.2) is 17.8 Å². The van der Waals surface area contributed by atoms with Crippen LogP contribution < -0.4 is 4.74 Å². The number of aliphatic hydroxyl groups is 1. The number of fused-ring (bicyclic) bond motifs is 2. The Morgan fingerprint density at radius 2 is 2.21 bits per heavy atom. The zero-order valence-electron chi connectivity index (χ0n) is 11.1. The molecule has 0 radical (unpaired) electrons. The van der Waals surface area contributed by atoms with Gasteiger partial charge in [-0.3, -0.25) is 0 Å². The largest absolute Gasteiger partial charge is 0.491 e. The summed E-state index contributed by atoms with van der Waals surface area (Å²) in [6.07, 6.45) is 6.03. The van der Waals surface area contributed by atoms with Crippen molar-refractivity contribution in [1.29, 1.82) is 0 Å². The maximum Gasteiger partial charge on any atom is 0.120 e. The summed E-state index contributed by atoms with van der Waals surface area (Å²) < 4.78 is 5.60. The van der Waals surface area contributed by atoms with Crippen LogP contribution in [0.15, 0.2) is 24.3 Å². The van der Waals surface area contributed by atoms with Gasteiger partial charge in [0.2, 0.25) is 0 Å². The third-order valence-electron chi connectivity index (χ3n) is 4.70. The molecule has 0 saturated heterocycles. The molecule has 2 aliphatic carbocycles. The van der Waals surface area contributed by atoms with Gasteiger partial charge in [0.05, 0.1) is 6.10 Å². The van der Waals surface area contributed by atoms with Crippen LogP contribution in [0.2, 0.25) is 5.02 Å². The molecule has 2 aliphatic rings. The lowest BCUT2D eigenvalue weighted by molar-refractivity contribution is 0.0748. The molecule has 0 heterocycles. The van der Waals surface area contributed by atoms with Gasteiger partial charge in [0.1, 0.15) is 12.4 Å². The molecule has 4 atom stereocenters. The maximum atomic E-state index is 10.1. The normalized spacial score (nSPS) is 30.5. The topological polar surface area (TPSA) is 29.5 Å². The molecule has 2 fully saturated rings. The van der Waals surface area contributed by atoms with E-state index in [0.717, 1.165) is 29.9 Å². The zero-order chi connectivity index (χ0) is 13.2. The fourth-order valence-corrected chi connectivity index (χ4v) is 4.01. The molecule has 0 aromatic heterocycles. The highest BCUT2D eigenvalue weighted by Crippen LogP contribution is 2.49. The molecule has 1 aromatic rings. The van der Waals surface area contributed by atoms with Gasteiger partial charge in [-0.1, -0.05) is 24.1 Å². The van der Waals surface area contributed by atoms with Crippen LogP contribution in [0.4, 0.5) is 0 Å². The molecule has 104 valence electrons. The first-order valence-electron chi connectivity index (χ1n) is 7.27. The van der Waals surface area contributed by atoms with E-state index in [2.05, 4.69) is 0 Å². The fourth-order valence-electron chi connectivity index (χ4n) is 3.83. The van der Waals surface area contributed by atoms with Crippen LogP contribution >= 0.6 is 11.6 Å². The van der Waals surface area contributed by atoms with E-state index in [1.807, 2.05) is 18.2 Å². The van der Waals surface area contributed by atoms with Gasteiger partial charge in [0.25, 0.3) is 0 Å². The molecule has 0 spiro atoms. The highest BCUT2D eigenvalue weighted by atomic mass is 35.5. The predicted molar refractivity (Wildman–Crippen MR) is 76.5 cm³/mol.